The van der Waals surface area contributed by atoms with Crippen LogP contribution in [-0.2, 0) is 38.4 Å². The lowest BCUT2D eigenvalue weighted by atomic mass is 10.0. The topological polar surface area (TPSA) is 207 Å². The molecule has 47 heavy (non-hydrogen) atoms. The lowest BCUT2D eigenvalue weighted by molar-refractivity contribution is -0.142. The molecule has 0 saturated heterocycles. The number of aliphatic carboxylic acids is 1. The van der Waals surface area contributed by atoms with Gasteiger partial charge in [-0.15, -0.1) is 0 Å². The van der Waals surface area contributed by atoms with Crippen LogP contribution in [0, 0.1) is 0 Å². The fourth-order valence-electron chi connectivity index (χ4n) is 5.07. The van der Waals surface area contributed by atoms with Crippen molar-refractivity contribution in [3.8, 4) is 11.5 Å². The lowest BCUT2D eigenvalue weighted by Crippen LogP contribution is -2.58. The summed E-state index contributed by atoms with van der Waals surface area (Å²) < 4.78 is 0. The fraction of sp³-hybridized carbons (Fsp3) is 0.294. The Morgan fingerprint density at radius 3 is 1.83 bits per heavy atom. The highest BCUT2D eigenvalue weighted by Gasteiger charge is 2.31. The average molecular weight is 662 g/mol. The van der Waals surface area contributed by atoms with E-state index in [2.05, 4.69) is 20.9 Å². The van der Waals surface area contributed by atoms with Gasteiger partial charge >= 0.3 is 5.97 Å². The van der Waals surface area contributed by atoms with Crippen LogP contribution in [0.3, 0.4) is 0 Å². The van der Waals surface area contributed by atoms with Crippen LogP contribution < -0.4 is 21.7 Å². The molecular formula is C34H39N5O7S. The Bertz CT molecular complexity index is 1680. The van der Waals surface area contributed by atoms with Crippen LogP contribution in [-0.4, -0.2) is 80.2 Å². The summed E-state index contributed by atoms with van der Waals surface area (Å²) >= 11 is 1.54. The van der Waals surface area contributed by atoms with Crippen LogP contribution in [0.5, 0.6) is 11.5 Å². The molecule has 4 rings (SSSR count). The number of hydrogen-bond donors (Lipinski definition) is 8. The largest absolute Gasteiger partial charge is 0.508 e. The number of rotatable bonds is 16. The van der Waals surface area contributed by atoms with Crippen molar-refractivity contribution in [1.29, 1.82) is 0 Å². The average Bonchev–Trinajstić information content (AvgIpc) is 3.47. The Labute approximate surface area is 276 Å². The highest BCUT2D eigenvalue weighted by Crippen LogP contribution is 2.20. The molecule has 13 heteroatoms. The molecule has 4 atom stereocenters. The fourth-order valence-corrected chi connectivity index (χ4v) is 5.56. The zero-order valence-corrected chi connectivity index (χ0v) is 26.6. The van der Waals surface area contributed by atoms with Gasteiger partial charge in [0.05, 0.1) is 6.04 Å². The second kappa shape index (κ2) is 16.5. The standard InChI is InChI=1S/C34H39N5O7S/c1-47-15-14-26(35)31(42)37-28(16-20-6-10-23(40)11-7-20)32(43)38-29(18-22-19-36-27-5-3-2-4-25(22)27)33(44)39-30(34(45)46)17-21-8-12-24(41)13-9-21/h2-13,19,26,28-30,36,40-41H,14-18,35H2,1H3,(H,37,42)(H,38,43)(H,39,44)(H,45,46). The molecule has 0 aliphatic heterocycles. The van der Waals surface area contributed by atoms with Gasteiger partial charge in [-0.2, -0.15) is 11.8 Å². The molecule has 3 aromatic carbocycles. The molecule has 1 aromatic heterocycles. The van der Waals surface area contributed by atoms with E-state index in [4.69, 9.17) is 5.73 Å². The van der Waals surface area contributed by atoms with E-state index in [0.717, 1.165) is 10.9 Å². The zero-order chi connectivity index (χ0) is 33.9. The number of benzene rings is 3. The van der Waals surface area contributed by atoms with Gasteiger partial charge in [-0.25, -0.2) is 4.79 Å². The highest BCUT2D eigenvalue weighted by molar-refractivity contribution is 7.98. The molecule has 4 unspecified atom stereocenters. The minimum Gasteiger partial charge on any atom is -0.508 e. The highest BCUT2D eigenvalue weighted by atomic mass is 32.2. The minimum atomic E-state index is -1.34. The number of para-hydroxylation sites is 1. The monoisotopic (exact) mass is 661 g/mol. The first kappa shape index (κ1) is 34.9. The maximum absolute atomic E-state index is 13.9. The van der Waals surface area contributed by atoms with Gasteiger partial charge < -0.3 is 42.0 Å². The van der Waals surface area contributed by atoms with Gasteiger partial charge in [-0.05, 0) is 65.5 Å². The first-order chi connectivity index (χ1) is 22.5. The summed E-state index contributed by atoms with van der Waals surface area (Å²) in [5.41, 5.74) is 8.83. The van der Waals surface area contributed by atoms with Gasteiger partial charge in [-0.3, -0.25) is 14.4 Å². The van der Waals surface area contributed by atoms with E-state index in [0.29, 0.717) is 28.9 Å². The van der Waals surface area contributed by atoms with Crippen molar-refractivity contribution in [2.24, 2.45) is 5.73 Å². The van der Waals surface area contributed by atoms with Crippen LogP contribution in [0.25, 0.3) is 10.9 Å². The number of phenols is 2. The van der Waals surface area contributed by atoms with Crippen molar-refractivity contribution in [2.45, 2.75) is 49.9 Å². The Morgan fingerprint density at radius 1 is 0.745 bits per heavy atom. The minimum absolute atomic E-state index is 0.0141. The van der Waals surface area contributed by atoms with Gasteiger partial charge in [0.1, 0.15) is 29.6 Å². The van der Waals surface area contributed by atoms with E-state index >= 15 is 0 Å². The number of amides is 3. The first-order valence-corrected chi connectivity index (χ1v) is 16.4. The number of carbonyl (C=O) groups excluding carboxylic acids is 3. The van der Waals surface area contributed by atoms with Gasteiger partial charge in [0.15, 0.2) is 0 Å². The van der Waals surface area contributed by atoms with Gasteiger partial charge in [0.25, 0.3) is 0 Å². The zero-order valence-electron chi connectivity index (χ0n) is 25.8. The van der Waals surface area contributed by atoms with E-state index in [9.17, 15) is 34.5 Å². The number of phenolic OH excluding ortho intramolecular Hbond substituents is 2. The molecule has 12 nitrogen and oxygen atoms in total. The maximum Gasteiger partial charge on any atom is 0.326 e. The number of carboxylic acid groups (broad SMARTS) is 1. The van der Waals surface area contributed by atoms with E-state index in [1.165, 1.54) is 36.0 Å². The number of aromatic amines is 1. The molecule has 4 aromatic rings. The van der Waals surface area contributed by atoms with E-state index in [1.54, 1.807) is 30.5 Å². The van der Waals surface area contributed by atoms with E-state index in [1.807, 2.05) is 30.5 Å². The summed E-state index contributed by atoms with van der Waals surface area (Å²) in [6, 6.07) is 15.0. The summed E-state index contributed by atoms with van der Waals surface area (Å²) in [6.07, 6.45) is 3.99. The van der Waals surface area contributed by atoms with Crippen molar-refractivity contribution in [2.75, 3.05) is 12.0 Å². The number of nitrogens with one attached hydrogen (secondary N) is 4. The van der Waals surface area contributed by atoms with Crippen molar-refractivity contribution < 1.29 is 34.5 Å². The predicted octanol–water partition coefficient (Wildman–Crippen LogP) is 2.23. The van der Waals surface area contributed by atoms with Crippen LogP contribution in [0.2, 0.25) is 0 Å². The van der Waals surface area contributed by atoms with Crippen LogP contribution >= 0.6 is 11.8 Å². The number of fused-ring (bicyclic) bond motifs is 1. The molecule has 0 fully saturated rings. The normalized spacial score (nSPS) is 13.7. The van der Waals surface area contributed by atoms with Gasteiger partial charge in [0, 0.05) is 36.4 Å². The number of carbonyl (C=O) groups is 4. The molecule has 248 valence electrons. The second-order valence-electron chi connectivity index (χ2n) is 11.2. The molecule has 1 heterocycles. The van der Waals surface area contributed by atoms with Crippen molar-refractivity contribution in [3.63, 3.8) is 0 Å². The molecule has 0 aliphatic carbocycles. The quantitative estimate of drug-likeness (QED) is 0.0885. The third-order valence-corrected chi connectivity index (χ3v) is 8.35. The third-order valence-electron chi connectivity index (χ3n) is 7.70. The Morgan fingerprint density at radius 2 is 1.26 bits per heavy atom. The first-order valence-electron chi connectivity index (χ1n) is 15.0. The number of thioether (sulfide) groups is 1. The summed E-state index contributed by atoms with van der Waals surface area (Å²) in [6.45, 7) is 0. The van der Waals surface area contributed by atoms with Gasteiger partial charge in [-0.1, -0.05) is 42.5 Å². The van der Waals surface area contributed by atoms with E-state index < -0.39 is 47.9 Å². The van der Waals surface area contributed by atoms with Gasteiger partial charge in [0.2, 0.25) is 17.7 Å². The molecule has 0 bridgehead atoms. The number of carboxylic acids is 1. The van der Waals surface area contributed by atoms with Crippen LogP contribution in [0.4, 0.5) is 0 Å². The number of hydrogen-bond acceptors (Lipinski definition) is 8. The van der Waals surface area contributed by atoms with Crippen LogP contribution in [0.15, 0.2) is 79.0 Å². The molecule has 9 N–H and O–H groups in total. The second-order valence-corrected chi connectivity index (χ2v) is 12.2. The molecule has 0 aliphatic rings. The molecule has 0 saturated carbocycles. The maximum atomic E-state index is 13.9. The molecule has 0 radical (unpaired) electrons. The van der Waals surface area contributed by atoms with Crippen molar-refractivity contribution in [1.82, 2.24) is 20.9 Å². The van der Waals surface area contributed by atoms with Crippen molar-refractivity contribution in [3.05, 3.63) is 95.7 Å². The summed E-state index contributed by atoms with van der Waals surface area (Å²) in [7, 11) is 0. The summed E-state index contributed by atoms with van der Waals surface area (Å²) in [5.74, 6) is -2.52. The summed E-state index contributed by atoms with van der Waals surface area (Å²) in [5, 5.41) is 38.1. The third kappa shape index (κ3) is 9.99. The Balaban J connectivity index is 1.60. The number of H-pyrrole nitrogens is 1. The van der Waals surface area contributed by atoms with E-state index in [-0.39, 0.29) is 30.8 Å². The smallest absolute Gasteiger partial charge is 0.326 e. The number of aromatic hydroxyl groups is 2. The van der Waals surface area contributed by atoms with Crippen LogP contribution in [0.1, 0.15) is 23.1 Å². The van der Waals surface area contributed by atoms with Crippen molar-refractivity contribution >= 4 is 46.4 Å². The molecule has 3 amide bonds. The Kier molecular flexibility index (Phi) is 12.3. The lowest BCUT2D eigenvalue weighted by Gasteiger charge is -2.25. The SMILES string of the molecule is CSCCC(N)C(=O)NC(Cc1ccc(O)cc1)C(=O)NC(Cc1c[nH]c2ccccc12)C(=O)NC(Cc1ccc(O)cc1)C(=O)O. The summed E-state index contributed by atoms with van der Waals surface area (Å²) in [4.78, 5) is 56.0. The molecule has 0 spiro atoms. The Hall–Kier alpha value is -5.01. The molecular weight excluding hydrogens is 622 g/mol. The predicted molar refractivity (Wildman–Crippen MR) is 180 cm³/mol. The number of nitrogens with two attached hydrogens (primary N) is 1. The number of aromatic nitrogens is 1.